The number of benzene rings is 1. The first-order valence-corrected chi connectivity index (χ1v) is 4.27. The fraction of sp³-hybridized carbons (Fsp3) is 0.400. The molecule has 1 atom stereocenters. The molecule has 0 radical (unpaired) electrons. The van der Waals surface area contributed by atoms with Gasteiger partial charge in [0.1, 0.15) is 18.3 Å². The quantitative estimate of drug-likeness (QED) is 0.666. The Morgan fingerprint density at radius 2 is 2.00 bits per heavy atom. The maximum atomic E-state index is 9.07. The highest BCUT2D eigenvalue weighted by Crippen LogP contribution is 2.05. The molecule has 74 valence electrons. The number of nitrogens with two attached hydrogens (primary N) is 1. The van der Waals surface area contributed by atoms with Gasteiger partial charge in [-0.1, -0.05) is 18.2 Å². The summed E-state index contributed by atoms with van der Waals surface area (Å²) in [5, 5.41) is 11.1. The van der Waals surface area contributed by atoms with Crippen molar-refractivity contribution in [2.24, 2.45) is 0 Å². The second-order valence-electron chi connectivity index (χ2n) is 3.15. The van der Waals surface area contributed by atoms with Gasteiger partial charge < -0.3 is 15.9 Å². The van der Waals surface area contributed by atoms with E-state index in [1.807, 2.05) is 12.1 Å². The molecule has 1 unspecified atom stereocenters. The van der Waals surface area contributed by atoms with Crippen LogP contribution in [-0.2, 0) is 0 Å². The minimum absolute atomic E-state index is 0. The lowest BCUT2D eigenvalue weighted by Gasteiger charge is -2.04. The predicted molar refractivity (Wildman–Crippen MR) is 51.2 cm³/mol. The summed E-state index contributed by atoms with van der Waals surface area (Å²) >= 11 is 0. The average molecular weight is 183 g/mol. The molecule has 0 saturated heterocycles. The topological polar surface area (TPSA) is 66.8 Å². The number of hydrogen-bond donors (Lipinski definition) is 2. The summed E-state index contributed by atoms with van der Waals surface area (Å²) in [6.45, 7) is 4.60. The van der Waals surface area contributed by atoms with Gasteiger partial charge in [-0.3, -0.25) is 0 Å². The van der Waals surface area contributed by atoms with Crippen molar-refractivity contribution in [1.82, 2.24) is 0 Å². The second kappa shape index (κ2) is 5.70. The van der Waals surface area contributed by atoms with Crippen LogP contribution >= 0.6 is 0 Å². The second-order valence-corrected chi connectivity index (χ2v) is 3.15. The molecule has 4 N–H and O–H groups in total. The number of hydrogen-bond acceptors (Lipinski definition) is 2. The summed E-state index contributed by atoms with van der Waals surface area (Å²) in [6.07, 6.45) is -0.246. The molecule has 0 aliphatic heterocycles. The van der Waals surface area contributed by atoms with Crippen molar-refractivity contribution in [2.75, 3.05) is 6.54 Å². The standard InChI is InChI=1S/C10H15NO.H2O/c1-8-5-3-4-6-10(8)11-7-9(2)12;/h3-6,9,11-12H,7H2,1-2H3;1H2. The molecule has 0 aromatic heterocycles. The van der Waals surface area contributed by atoms with Gasteiger partial charge in [-0.05, 0) is 19.9 Å². The molecule has 0 saturated carbocycles. The number of aryl methyl sites for hydroxylation is 1. The summed E-state index contributed by atoms with van der Waals surface area (Å²) in [4.78, 5) is 0. The molecule has 1 aromatic rings. The van der Waals surface area contributed by atoms with E-state index in [9.17, 15) is 0 Å². The molecule has 0 aliphatic rings. The molecule has 0 fully saturated rings. The summed E-state index contributed by atoms with van der Waals surface area (Å²) < 4.78 is 0. The summed E-state index contributed by atoms with van der Waals surface area (Å²) in [6, 6.07) is 8.18. The van der Waals surface area contributed by atoms with Crippen molar-refractivity contribution in [3.05, 3.63) is 29.8 Å². The van der Waals surface area contributed by atoms with Crippen molar-refractivity contribution in [2.45, 2.75) is 20.0 Å². The van der Waals surface area contributed by atoms with Gasteiger partial charge in [0, 0.05) is 5.56 Å². The molecule has 3 nitrogen and oxygen atoms in total. The van der Waals surface area contributed by atoms with Crippen LogP contribution in [0.4, 0.5) is 5.69 Å². The Bertz CT molecular complexity index is 248. The molecule has 0 amide bonds. The molecule has 13 heavy (non-hydrogen) atoms. The maximum absolute atomic E-state index is 9.07. The van der Waals surface area contributed by atoms with Crippen molar-refractivity contribution in [3.8, 4) is 0 Å². The Morgan fingerprint density at radius 3 is 2.54 bits per heavy atom. The van der Waals surface area contributed by atoms with Crippen LogP contribution in [0, 0.1) is 6.92 Å². The lowest BCUT2D eigenvalue weighted by molar-refractivity contribution is -0.579. The molecule has 0 aliphatic carbocycles. The van der Waals surface area contributed by atoms with Crippen LogP contribution in [0.1, 0.15) is 12.5 Å². The van der Waals surface area contributed by atoms with E-state index in [2.05, 4.69) is 24.4 Å². The predicted octanol–water partition coefficient (Wildman–Crippen LogP) is 0.394. The Hall–Kier alpha value is -0.900. The van der Waals surface area contributed by atoms with E-state index in [0.717, 1.165) is 6.54 Å². The average Bonchev–Trinajstić information content (AvgIpc) is 2.03. The molecule has 3 heteroatoms. The Labute approximate surface area is 78.7 Å². The van der Waals surface area contributed by atoms with E-state index in [1.54, 1.807) is 6.92 Å². The third-order valence-electron chi connectivity index (χ3n) is 1.87. The lowest BCUT2D eigenvalue weighted by atomic mass is 10.2. The highest BCUT2D eigenvalue weighted by atomic mass is 16.3. The first-order valence-electron chi connectivity index (χ1n) is 4.27. The normalized spacial score (nSPS) is 11.9. The zero-order valence-corrected chi connectivity index (χ0v) is 8.07. The highest BCUT2D eigenvalue weighted by Gasteiger charge is 2.02. The van der Waals surface area contributed by atoms with E-state index in [4.69, 9.17) is 5.11 Å². The minimum Gasteiger partial charge on any atom is -0.870 e. The minimum atomic E-state index is -0.246. The fourth-order valence-corrected chi connectivity index (χ4v) is 1.11. The van der Waals surface area contributed by atoms with Crippen LogP contribution in [0.25, 0.3) is 0 Å². The first-order chi connectivity index (χ1) is 5.70. The molecular weight excluding hydrogens is 166 g/mol. The number of rotatable bonds is 3. The molecule has 1 rings (SSSR count). The molecule has 0 heterocycles. The van der Waals surface area contributed by atoms with E-state index in [-0.39, 0.29) is 11.6 Å². The van der Waals surface area contributed by atoms with Gasteiger partial charge in [0.2, 0.25) is 0 Å². The third-order valence-corrected chi connectivity index (χ3v) is 1.87. The monoisotopic (exact) mass is 183 g/mol. The Morgan fingerprint density at radius 1 is 1.38 bits per heavy atom. The Kier molecular flexibility index (Phi) is 5.30. The van der Waals surface area contributed by atoms with Crippen LogP contribution in [0.2, 0.25) is 0 Å². The van der Waals surface area contributed by atoms with Gasteiger partial charge in [-0.2, -0.15) is 0 Å². The van der Waals surface area contributed by atoms with Crippen LogP contribution < -0.4 is 5.32 Å². The number of para-hydroxylation sites is 1. The van der Waals surface area contributed by atoms with Crippen LogP contribution in [0.15, 0.2) is 24.3 Å². The van der Waals surface area contributed by atoms with Gasteiger partial charge in [0.05, 0.1) is 0 Å². The van der Waals surface area contributed by atoms with Crippen LogP contribution in [-0.4, -0.2) is 23.2 Å². The van der Waals surface area contributed by atoms with E-state index < -0.39 is 0 Å². The number of aliphatic hydroxyl groups is 1. The highest BCUT2D eigenvalue weighted by molar-refractivity contribution is 5.37. The number of quaternary nitrogens is 1. The van der Waals surface area contributed by atoms with E-state index >= 15 is 0 Å². The third kappa shape index (κ3) is 4.03. The van der Waals surface area contributed by atoms with E-state index in [1.165, 1.54) is 11.3 Å². The van der Waals surface area contributed by atoms with Gasteiger partial charge in [0.15, 0.2) is 0 Å². The summed E-state index contributed by atoms with van der Waals surface area (Å²) in [7, 11) is 0. The van der Waals surface area contributed by atoms with Crippen molar-refractivity contribution < 1.29 is 15.9 Å². The van der Waals surface area contributed by atoms with Gasteiger partial charge in [-0.15, -0.1) is 0 Å². The molecule has 0 spiro atoms. The lowest BCUT2D eigenvalue weighted by Crippen LogP contribution is -2.80. The maximum Gasteiger partial charge on any atom is 0.132 e. The smallest absolute Gasteiger partial charge is 0.132 e. The van der Waals surface area contributed by atoms with Gasteiger partial charge in [0.25, 0.3) is 0 Å². The van der Waals surface area contributed by atoms with Gasteiger partial charge >= 0.3 is 0 Å². The van der Waals surface area contributed by atoms with Gasteiger partial charge in [-0.25, -0.2) is 0 Å². The summed E-state index contributed by atoms with van der Waals surface area (Å²) in [5.41, 5.74) is 2.48. The van der Waals surface area contributed by atoms with Crippen molar-refractivity contribution in [1.29, 1.82) is 0 Å². The molecule has 1 aromatic carbocycles. The zero-order chi connectivity index (χ0) is 8.97. The van der Waals surface area contributed by atoms with E-state index in [0.29, 0.717) is 0 Å². The number of aliphatic hydroxyl groups excluding tert-OH is 1. The Balaban J connectivity index is 0.00000144. The van der Waals surface area contributed by atoms with Crippen LogP contribution in [0.3, 0.4) is 0 Å². The zero-order valence-electron chi connectivity index (χ0n) is 8.07. The summed E-state index contributed by atoms with van der Waals surface area (Å²) in [5.74, 6) is 0. The molecule has 0 bridgehead atoms. The largest absolute Gasteiger partial charge is 0.870 e. The first kappa shape index (κ1) is 12.1. The van der Waals surface area contributed by atoms with Crippen LogP contribution in [0.5, 0.6) is 0 Å². The van der Waals surface area contributed by atoms with Crippen molar-refractivity contribution in [3.63, 3.8) is 0 Å². The fourth-order valence-electron chi connectivity index (χ4n) is 1.11. The van der Waals surface area contributed by atoms with Crippen molar-refractivity contribution >= 4 is 5.69 Å². The molecular formula is C10H17NO2. The SMILES string of the molecule is Cc1ccccc1[NH2+]CC(C)O.[OH-].